The lowest BCUT2D eigenvalue weighted by Crippen LogP contribution is -2.41. The second kappa shape index (κ2) is 30.7. The number of phenols is 2. The van der Waals surface area contributed by atoms with Gasteiger partial charge in [0.1, 0.15) is 40.9 Å². The highest BCUT2D eigenvalue weighted by atomic mass is 35.5. The van der Waals surface area contributed by atoms with E-state index in [-0.39, 0.29) is 53.8 Å². The molecule has 0 unspecified atom stereocenters. The van der Waals surface area contributed by atoms with Crippen LogP contribution in [0.25, 0.3) is 22.5 Å². The molecule has 0 radical (unpaired) electrons. The summed E-state index contributed by atoms with van der Waals surface area (Å²) in [5, 5.41) is 21.8. The number of hydrogen-bond acceptors (Lipinski definition) is 12. The first-order valence-corrected chi connectivity index (χ1v) is 27.2. The van der Waals surface area contributed by atoms with Gasteiger partial charge in [-0.15, -0.1) is 0 Å². The number of nitrogens with zero attached hydrogens (tertiary/aromatic N) is 5. The van der Waals surface area contributed by atoms with Crippen LogP contribution >= 0.6 is 23.2 Å². The van der Waals surface area contributed by atoms with E-state index in [4.69, 9.17) is 48.6 Å². The molecule has 0 saturated carbocycles. The van der Waals surface area contributed by atoms with Gasteiger partial charge in [0, 0.05) is 83.8 Å². The van der Waals surface area contributed by atoms with Crippen molar-refractivity contribution in [2.45, 2.75) is 113 Å². The van der Waals surface area contributed by atoms with E-state index in [9.17, 15) is 24.3 Å². The summed E-state index contributed by atoms with van der Waals surface area (Å²) in [4.78, 5) is 54.6. The summed E-state index contributed by atoms with van der Waals surface area (Å²) >= 11 is 12.3. The third-order valence-corrected chi connectivity index (χ3v) is 12.6. The smallest absolute Gasteiger partial charge is 0.265 e. The second-order valence-corrected chi connectivity index (χ2v) is 22.6. The number of hydrazine groups is 2. The molecule has 0 bridgehead atoms. The lowest BCUT2D eigenvalue weighted by Gasteiger charge is -2.24. The van der Waals surface area contributed by atoms with Crippen LogP contribution in [0.2, 0.25) is 10.0 Å². The molecule has 0 atom stereocenters. The van der Waals surface area contributed by atoms with Crippen LogP contribution in [-0.2, 0) is 38.0 Å². The van der Waals surface area contributed by atoms with Crippen LogP contribution in [0.3, 0.4) is 0 Å². The Morgan fingerprint density at radius 2 is 1.07 bits per heavy atom. The van der Waals surface area contributed by atoms with Crippen LogP contribution in [0, 0.1) is 0 Å². The summed E-state index contributed by atoms with van der Waals surface area (Å²) in [6.07, 6.45) is 5.55. The molecular formula is C65H78Cl2N8O8. The number of ether oxygens (including phenoxy) is 2. The summed E-state index contributed by atoms with van der Waals surface area (Å²) in [5.41, 5.74) is 12.4. The van der Waals surface area contributed by atoms with E-state index in [1.165, 1.54) is 12.1 Å². The summed E-state index contributed by atoms with van der Waals surface area (Å²) in [7, 11) is 4.03. The minimum atomic E-state index is -0.381. The number of rotatable bonds is 15. The number of nitrogen functional groups attached to an aromatic ring is 1. The molecule has 16 nitrogen and oxygen atoms in total. The molecule has 0 saturated heterocycles. The van der Waals surface area contributed by atoms with E-state index in [0.29, 0.717) is 68.7 Å². The monoisotopic (exact) mass is 1170 g/mol. The number of benzene rings is 6. The number of nitrogens with two attached hydrogens (primary N) is 1. The van der Waals surface area contributed by atoms with Gasteiger partial charge in [0.15, 0.2) is 6.29 Å². The Morgan fingerprint density at radius 3 is 1.46 bits per heavy atom. The van der Waals surface area contributed by atoms with Crippen molar-refractivity contribution in [2.24, 2.45) is 19.9 Å². The molecule has 2 amide bonds. The normalized spacial score (nSPS) is 11.0. The molecule has 0 fully saturated rings. The van der Waals surface area contributed by atoms with Gasteiger partial charge in [-0.2, -0.15) is 0 Å². The van der Waals surface area contributed by atoms with Gasteiger partial charge >= 0.3 is 0 Å². The predicted octanol–water partition coefficient (Wildman–Crippen LogP) is 13.6. The number of amides is 2. The molecule has 0 spiro atoms. The number of aldehydes is 2. The Balaban J connectivity index is 0.000000281. The molecule has 2 aromatic heterocycles. The van der Waals surface area contributed by atoms with Crippen molar-refractivity contribution in [1.82, 2.24) is 35.0 Å². The number of aryl methyl sites for hydroxylation is 2. The number of para-hydroxylation sites is 2. The first kappa shape index (κ1) is 67.2. The maximum Gasteiger partial charge on any atom is 0.265 e. The molecule has 8 rings (SSSR count). The summed E-state index contributed by atoms with van der Waals surface area (Å²) < 4.78 is 15.2. The largest absolute Gasteiger partial charge is 0.508 e. The van der Waals surface area contributed by atoms with Crippen LogP contribution in [0.4, 0.5) is 0 Å². The van der Waals surface area contributed by atoms with E-state index in [1.807, 2.05) is 120 Å². The summed E-state index contributed by atoms with van der Waals surface area (Å²) in [6.45, 7) is 21.2. The summed E-state index contributed by atoms with van der Waals surface area (Å²) in [6, 6.07) is 38.9. The zero-order chi connectivity index (χ0) is 60.5. The quantitative estimate of drug-likeness (QED) is 0.0280. The molecule has 2 heterocycles. The van der Waals surface area contributed by atoms with Crippen LogP contribution < -0.4 is 26.2 Å². The molecule has 0 aliphatic rings. The number of halogens is 2. The molecule has 8 aromatic rings. The molecule has 6 N–H and O–H groups in total. The maximum absolute atomic E-state index is 13.2. The molecule has 0 aliphatic heterocycles. The van der Waals surface area contributed by atoms with Crippen molar-refractivity contribution in [3.05, 3.63) is 201 Å². The SMILES string of the molecule is C.CC(C)Oc1ccc(C(=O)NN(Cc2ccc(-c3cn(C)c(C(C)(C)C)n3)cc2)Cc2ccccc2O)cc1Cl.CC(C)Oc1ccc(C(=O)NN)cc1Cl.Cn1cc(-c2ccc(C=O)cc2)nc1C(C)(C)C.O=Cc1ccccc1O. The Hall–Kier alpha value is -8.28. The fraction of sp³-hybridized carbons (Fsp3) is 0.292. The number of hydrogen-bond donors (Lipinski definition) is 5. The van der Waals surface area contributed by atoms with E-state index in [2.05, 4.69) is 61.1 Å². The van der Waals surface area contributed by atoms with Crippen molar-refractivity contribution in [1.29, 1.82) is 0 Å². The molecule has 18 heteroatoms. The second-order valence-electron chi connectivity index (χ2n) is 21.8. The zero-order valence-electron chi connectivity index (χ0n) is 48.5. The van der Waals surface area contributed by atoms with Crippen molar-refractivity contribution >= 4 is 47.6 Å². The Morgan fingerprint density at radius 1 is 0.627 bits per heavy atom. The topological polar surface area (TPSA) is 216 Å². The zero-order valence-corrected chi connectivity index (χ0v) is 50.0. The average Bonchev–Trinajstić information content (AvgIpc) is 4.04. The van der Waals surface area contributed by atoms with Gasteiger partial charge in [-0.05, 0) is 87.9 Å². The highest BCUT2D eigenvalue weighted by molar-refractivity contribution is 6.32. The first-order valence-electron chi connectivity index (χ1n) is 26.4. The predicted molar refractivity (Wildman–Crippen MR) is 331 cm³/mol. The Labute approximate surface area is 498 Å². The number of imidazole rings is 2. The van der Waals surface area contributed by atoms with Gasteiger partial charge in [0.2, 0.25) is 0 Å². The average molecular weight is 1170 g/mol. The van der Waals surface area contributed by atoms with Gasteiger partial charge in [0.25, 0.3) is 11.8 Å². The molecule has 0 aliphatic carbocycles. The van der Waals surface area contributed by atoms with Crippen molar-refractivity contribution in [3.63, 3.8) is 0 Å². The summed E-state index contributed by atoms with van der Waals surface area (Å²) in [5.74, 6) is 7.67. The van der Waals surface area contributed by atoms with Crippen LogP contribution in [0.1, 0.15) is 141 Å². The number of aromatic nitrogens is 4. The highest BCUT2D eigenvalue weighted by Crippen LogP contribution is 2.30. The van der Waals surface area contributed by atoms with E-state index >= 15 is 0 Å². The lowest BCUT2D eigenvalue weighted by molar-refractivity contribution is 0.0756. The van der Waals surface area contributed by atoms with Gasteiger partial charge in [-0.1, -0.05) is 151 Å². The fourth-order valence-corrected chi connectivity index (χ4v) is 8.64. The number of carbonyl (C=O) groups excluding carboxylic acids is 4. The molecule has 83 heavy (non-hydrogen) atoms. The Bertz CT molecular complexity index is 3420. The fourth-order valence-electron chi connectivity index (χ4n) is 8.19. The minimum absolute atomic E-state index is 0. The number of phenolic OH excluding ortho intramolecular Hbond substituents is 2. The third-order valence-electron chi connectivity index (χ3n) is 12.0. The number of nitrogens with one attached hydrogen (secondary N) is 2. The van der Waals surface area contributed by atoms with Crippen molar-refractivity contribution < 1.29 is 38.9 Å². The van der Waals surface area contributed by atoms with Crippen LogP contribution in [0.5, 0.6) is 23.0 Å². The van der Waals surface area contributed by atoms with Gasteiger partial charge < -0.3 is 28.8 Å². The van der Waals surface area contributed by atoms with Gasteiger partial charge in [-0.3, -0.25) is 30.0 Å². The van der Waals surface area contributed by atoms with Crippen LogP contribution in [-0.4, -0.2) is 70.9 Å². The molecule has 6 aromatic carbocycles. The van der Waals surface area contributed by atoms with Crippen LogP contribution in [0.15, 0.2) is 146 Å². The standard InChI is InChI=1S/C32H37ClN4O3.C15H18N2O.C10H13ClN2O2.C7H6O2.CH4/c1-21(2)40-29-16-15-24(17-26(29)33)30(39)35-37(19-25-9-7-8-10-28(25)38)18-22-11-13-23(14-12-22)27-20-36(6)31(34-27)32(3,4)5;1-15(2,3)14-16-13(9-17(14)4)12-7-5-11(10-18)6-8-12;1-6(2)15-9-4-3-7(5-8(9)11)10(14)13-12;8-5-6-3-1-2-4-7(6)9;/h7-17,20-21,38H,18-19H2,1-6H3,(H,35,39);5-10H,1-4H3;3-6H,12H2,1-2H3,(H,13,14);1-5,9H;1H4. The van der Waals surface area contributed by atoms with Gasteiger partial charge in [-0.25, -0.2) is 20.8 Å². The highest BCUT2D eigenvalue weighted by Gasteiger charge is 2.23. The van der Waals surface area contributed by atoms with Crippen molar-refractivity contribution in [3.8, 4) is 45.5 Å². The van der Waals surface area contributed by atoms with E-state index in [1.54, 1.807) is 65.7 Å². The first-order chi connectivity index (χ1) is 38.7. The molecular weight excluding hydrogens is 1090 g/mol. The van der Waals surface area contributed by atoms with Crippen molar-refractivity contribution in [2.75, 3.05) is 0 Å². The Kier molecular flexibility index (Phi) is 24.9. The third kappa shape index (κ3) is 20.0. The van der Waals surface area contributed by atoms with Gasteiger partial charge in [0.05, 0.1) is 39.2 Å². The lowest BCUT2D eigenvalue weighted by atomic mass is 9.96. The number of aromatic hydroxyl groups is 2. The van der Waals surface area contributed by atoms with E-state index < -0.39 is 0 Å². The molecule has 440 valence electrons. The maximum atomic E-state index is 13.2. The number of carbonyl (C=O) groups is 4. The van der Waals surface area contributed by atoms with E-state index in [0.717, 1.165) is 46.0 Å². The minimum Gasteiger partial charge on any atom is -0.508 e.